The van der Waals surface area contributed by atoms with Crippen LogP contribution in [-0.4, -0.2) is 4.98 Å². The second-order valence-corrected chi connectivity index (χ2v) is 4.49. The Balaban J connectivity index is 2.31. The SMILES string of the molecule is Cc1cccc(Oc2ccc(Cl)c(CN)n2)c1C. The van der Waals surface area contributed by atoms with Crippen molar-refractivity contribution in [2.24, 2.45) is 5.73 Å². The van der Waals surface area contributed by atoms with Crippen LogP contribution in [-0.2, 0) is 6.54 Å². The third-order valence-electron chi connectivity index (χ3n) is 2.86. The highest BCUT2D eigenvalue weighted by Crippen LogP contribution is 2.27. The zero-order chi connectivity index (χ0) is 13.1. The molecule has 94 valence electrons. The summed E-state index contributed by atoms with van der Waals surface area (Å²) in [5.41, 5.74) is 8.48. The standard InChI is InChI=1S/C14H15ClN2O/c1-9-4-3-5-13(10(9)2)18-14-7-6-11(15)12(8-16)17-14/h3-7H,8,16H2,1-2H3. The molecule has 4 heteroatoms. The molecule has 2 rings (SSSR count). The number of hydrogen-bond acceptors (Lipinski definition) is 3. The minimum absolute atomic E-state index is 0.294. The average molecular weight is 263 g/mol. The first kappa shape index (κ1) is 12.9. The first-order valence-electron chi connectivity index (χ1n) is 5.71. The maximum absolute atomic E-state index is 5.96. The Morgan fingerprint density at radius 3 is 2.72 bits per heavy atom. The summed E-state index contributed by atoms with van der Waals surface area (Å²) in [7, 11) is 0. The summed E-state index contributed by atoms with van der Waals surface area (Å²) in [6.45, 7) is 4.36. The van der Waals surface area contributed by atoms with Gasteiger partial charge < -0.3 is 10.5 Å². The van der Waals surface area contributed by atoms with Crippen LogP contribution in [0.5, 0.6) is 11.6 Å². The van der Waals surface area contributed by atoms with E-state index in [0.717, 1.165) is 11.3 Å². The molecule has 0 saturated heterocycles. The third-order valence-corrected chi connectivity index (χ3v) is 3.20. The average Bonchev–Trinajstić information content (AvgIpc) is 2.37. The molecule has 0 aliphatic carbocycles. The Labute approximate surface area is 112 Å². The number of ether oxygens (including phenoxy) is 1. The van der Waals surface area contributed by atoms with Gasteiger partial charge in [-0.2, -0.15) is 0 Å². The lowest BCUT2D eigenvalue weighted by Crippen LogP contribution is -2.02. The highest BCUT2D eigenvalue weighted by molar-refractivity contribution is 6.31. The molecule has 0 radical (unpaired) electrons. The molecule has 0 aliphatic rings. The highest BCUT2D eigenvalue weighted by atomic mass is 35.5. The fourth-order valence-electron chi connectivity index (χ4n) is 1.61. The molecule has 0 amide bonds. The lowest BCUT2D eigenvalue weighted by Gasteiger charge is -2.10. The fourth-order valence-corrected chi connectivity index (χ4v) is 1.79. The van der Waals surface area contributed by atoms with Gasteiger partial charge in [0.1, 0.15) is 5.75 Å². The molecule has 1 heterocycles. The zero-order valence-electron chi connectivity index (χ0n) is 10.4. The molecule has 18 heavy (non-hydrogen) atoms. The smallest absolute Gasteiger partial charge is 0.219 e. The number of benzene rings is 1. The molecule has 0 bridgehead atoms. The maximum Gasteiger partial charge on any atom is 0.219 e. The normalized spacial score (nSPS) is 10.4. The van der Waals surface area contributed by atoms with Crippen molar-refractivity contribution >= 4 is 11.6 Å². The van der Waals surface area contributed by atoms with Crippen molar-refractivity contribution in [2.45, 2.75) is 20.4 Å². The molecule has 2 N–H and O–H groups in total. The van der Waals surface area contributed by atoms with Crippen LogP contribution in [0.15, 0.2) is 30.3 Å². The summed E-state index contributed by atoms with van der Waals surface area (Å²) in [4.78, 5) is 4.28. The van der Waals surface area contributed by atoms with Crippen molar-refractivity contribution in [3.05, 3.63) is 52.2 Å². The van der Waals surface area contributed by atoms with E-state index in [-0.39, 0.29) is 0 Å². The molecule has 1 aromatic carbocycles. The maximum atomic E-state index is 5.96. The quantitative estimate of drug-likeness (QED) is 0.919. The van der Waals surface area contributed by atoms with Gasteiger partial charge in [0.15, 0.2) is 0 Å². The van der Waals surface area contributed by atoms with Crippen molar-refractivity contribution in [2.75, 3.05) is 0 Å². The van der Waals surface area contributed by atoms with Gasteiger partial charge in [0, 0.05) is 12.6 Å². The Morgan fingerprint density at radius 1 is 1.22 bits per heavy atom. The predicted molar refractivity (Wildman–Crippen MR) is 73.1 cm³/mol. The molecule has 3 nitrogen and oxygen atoms in total. The van der Waals surface area contributed by atoms with E-state index in [1.165, 1.54) is 5.56 Å². The molecule has 0 fully saturated rings. The number of aromatic nitrogens is 1. The second kappa shape index (κ2) is 5.38. The van der Waals surface area contributed by atoms with Gasteiger partial charge in [-0.15, -0.1) is 0 Å². The summed E-state index contributed by atoms with van der Waals surface area (Å²) in [5, 5.41) is 0.561. The van der Waals surface area contributed by atoms with E-state index < -0.39 is 0 Å². The van der Waals surface area contributed by atoms with Gasteiger partial charge in [0.05, 0.1) is 10.7 Å². The molecule has 2 aromatic rings. The number of nitrogens with zero attached hydrogens (tertiary/aromatic N) is 1. The Bertz CT molecular complexity index is 570. The summed E-state index contributed by atoms with van der Waals surface area (Å²) in [5.74, 6) is 1.31. The molecule has 0 saturated carbocycles. The van der Waals surface area contributed by atoms with Crippen LogP contribution in [0.4, 0.5) is 0 Å². The van der Waals surface area contributed by atoms with Crippen LogP contribution in [0.2, 0.25) is 5.02 Å². The van der Waals surface area contributed by atoms with Gasteiger partial charge in [-0.3, -0.25) is 0 Å². The van der Waals surface area contributed by atoms with Gasteiger partial charge in [-0.1, -0.05) is 23.7 Å². The van der Waals surface area contributed by atoms with Crippen LogP contribution in [0.25, 0.3) is 0 Å². The lowest BCUT2D eigenvalue weighted by atomic mass is 10.1. The minimum Gasteiger partial charge on any atom is -0.439 e. The van der Waals surface area contributed by atoms with Crippen LogP contribution in [0.1, 0.15) is 16.8 Å². The fraction of sp³-hybridized carbons (Fsp3) is 0.214. The first-order valence-corrected chi connectivity index (χ1v) is 6.09. The van der Waals surface area contributed by atoms with Gasteiger partial charge in [-0.05, 0) is 37.1 Å². The predicted octanol–water partition coefficient (Wildman–Crippen LogP) is 3.60. The van der Waals surface area contributed by atoms with Crippen LogP contribution in [0, 0.1) is 13.8 Å². The molecule has 0 unspecified atom stereocenters. The highest BCUT2D eigenvalue weighted by Gasteiger charge is 2.07. The summed E-state index contributed by atoms with van der Waals surface area (Å²) < 4.78 is 5.76. The topological polar surface area (TPSA) is 48.1 Å². The Kier molecular flexibility index (Phi) is 3.84. The van der Waals surface area contributed by atoms with E-state index in [1.54, 1.807) is 12.1 Å². The van der Waals surface area contributed by atoms with Crippen molar-refractivity contribution in [3.63, 3.8) is 0 Å². The van der Waals surface area contributed by atoms with Gasteiger partial charge in [0.2, 0.25) is 5.88 Å². The monoisotopic (exact) mass is 262 g/mol. The lowest BCUT2D eigenvalue weighted by molar-refractivity contribution is 0.457. The summed E-state index contributed by atoms with van der Waals surface area (Å²) in [6.07, 6.45) is 0. The molecule has 0 aliphatic heterocycles. The molecule has 1 aromatic heterocycles. The van der Waals surface area contributed by atoms with E-state index in [9.17, 15) is 0 Å². The zero-order valence-corrected chi connectivity index (χ0v) is 11.2. The minimum atomic E-state index is 0.294. The van der Waals surface area contributed by atoms with Crippen molar-refractivity contribution in [1.82, 2.24) is 4.98 Å². The van der Waals surface area contributed by atoms with Crippen LogP contribution >= 0.6 is 11.6 Å². The number of aryl methyl sites for hydroxylation is 1. The van der Waals surface area contributed by atoms with Crippen molar-refractivity contribution in [1.29, 1.82) is 0 Å². The van der Waals surface area contributed by atoms with Crippen LogP contribution < -0.4 is 10.5 Å². The first-order chi connectivity index (χ1) is 8.61. The summed E-state index contributed by atoms with van der Waals surface area (Å²) >= 11 is 5.96. The van der Waals surface area contributed by atoms with E-state index in [1.807, 2.05) is 32.0 Å². The van der Waals surface area contributed by atoms with E-state index in [2.05, 4.69) is 4.98 Å². The van der Waals surface area contributed by atoms with E-state index >= 15 is 0 Å². The summed E-state index contributed by atoms with van der Waals surface area (Å²) in [6, 6.07) is 9.40. The molecule has 0 spiro atoms. The van der Waals surface area contributed by atoms with Gasteiger partial charge in [0.25, 0.3) is 0 Å². The van der Waals surface area contributed by atoms with Gasteiger partial charge >= 0.3 is 0 Å². The van der Waals surface area contributed by atoms with Crippen molar-refractivity contribution in [3.8, 4) is 11.6 Å². The number of pyridine rings is 1. The number of nitrogens with two attached hydrogens (primary N) is 1. The van der Waals surface area contributed by atoms with Gasteiger partial charge in [-0.25, -0.2) is 4.98 Å². The molecular weight excluding hydrogens is 248 g/mol. The number of hydrogen-bond donors (Lipinski definition) is 1. The number of rotatable bonds is 3. The molecular formula is C14H15ClN2O. The Hall–Kier alpha value is -1.58. The number of halogens is 1. The Morgan fingerprint density at radius 2 is 2.00 bits per heavy atom. The van der Waals surface area contributed by atoms with E-state index in [0.29, 0.717) is 23.1 Å². The van der Waals surface area contributed by atoms with Crippen molar-refractivity contribution < 1.29 is 4.74 Å². The van der Waals surface area contributed by atoms with E-state index in [4.69, 9.17) is 22.1 Å². The second-order valence-electron chi connectivity index (χ2n) is 4.08. The largest absolute Gasteiger partial charge is 0.439 e. The third kappa shape index (κ3) is 2.63. The van der Waals surface area contributed by atoms with Crippen LogP contribution in [0.3, 0.4) is 0 Å². The molecule has 0 atom stereocenters.